The van der Waals surface area contributed by atoms with E-state index >= 15 is 0 Å². The smallest absolute Gasteiger partial charge is 0.244 e. The maximum Gasteiger partial charge on any atom is 0.244 e. The Morgan fingerprint density at radius 3 is 2.19 bits per heavy atom. The lowest BCUT2D eigenvalue weighted by molar-refractivity contribution is -0.123. The minimum absolute atomic E-state index is 0.190. The maximum atomic E-state index is 12.6. The van der Waals surface area contributed by atoms with Gasteiger partial charge in [0.2, 0.25) is 15.9 Å². The van der Waals surface area contributed by atoms with E-state index in [1.54, 1.807) is 24.3 Å². The summed E-state index contributed by atoms with van der Waals surface area (Å²) in [5, 5.41) is 0.606. The van der Waals surface area contributed by atoms with E-state index in [2.05, 4.69) is 9.88 Å². The van der Waals surface area contributed by atoms with Crippen LogP contribution >= 0.6 is 11.6 Å². The lowest BCUT2D eigenvalue weighted by atomic mass is 10.0. The van der Waals surface area contributed by atoms with Crippen LogP contribution < -0.4 is 10.6 Å². The third-order valence-corrected chi connectivity index (χ3v) is 7.81. The summed E-state index contributed by atoms with van der Waals surface area (Å²) in [5.74, 6) is 0.306. The average molecular weight is 466 g/mol. The Kier molecular flexibility index (Phi) is 7.53. The van der Waals surface area contributed by atoms with Gasteiger partial charge in [0, 0.05) is 50.5 Å². The Hall–Kier alpha value is -2.20. The molecule has 0 bridgehead atoms. The number of pyridine rings is 1. The first kappa shape index (κ1) is 23.5. The van der Waals surface area contributed by atoms with E-state index in [1.807, 2.05) is 30.9 Å². The Balaban J connectivity index is 1.69. The predicted octanol–water partition coefficient (Wildman–Crippen LogP) is 2.11. The van der Waals surface area contributed by atoms with Crippen LogP contribution in [0.5, 0.6) is 0 Å². The largest absolute Gasteiger partial charge is 0.368 e. The molecular formula is C21H28ClN5O3S. The molecule has 1 aliphatic rings. The number of piperazine rings is 1. The Morgan fingerprint density at radius 1 is 1.10 bits per heavy atom. The topological polar surface area (TPSA) is 99.8 Å². The number of aromatic nitrogens is 1. The lowest BCUT2D eigenvalue weighted by Crippen LogP contribution is -2.50. The molecule has 0 radical (unpaired) electrons. The normalized spacial score (nSPS) is 16.5. The molecule has 10 heteroatoms. The number of primary amides is 1. The molecule has 0 aliphatic carbocycles. The van der Waals surface area contributed by atoms with Crippen molar-refractivity contribution >= 4 is 33.3 Å². The number of carbonyl (C=O) groups is 1. The molecule has 1 atom stereocenters. The summed E-state index contributed by atoms with van der Waals surface area (Å²) in [4.78, 5) is 20.8. The molecule has 1 aromatic heterocycles. The van der Waals surface area contributed by atoms with Crippen molar-refractivity contribution in [3.05, 3.63) is 53.2 Å². The number of benzene rings is 1. The van der Waals surface area contributed by atoms with E-state index in [0.29, 0.717) is 50.1 Å². The van der Waals surface area contributed by atoms with Crippen molar-refractivity contribution in [2.75, 3.05) is 44.2 Å². The van der Waals surface area contributed by atoms with Crippen molar-refractivity contribution in [1.82, 2.24) is 14.2 Å². The van der Waals surface area contributed by atoms with Gasteiger partial charge in [0.1, 0.15) is 16.8 Å². The van der Waals surface area contributed by atoms with Crippen molar-refractivity contribution in [2.24, 2.45) is 5.73 Å². The van der Waals surface area contributed by atoms with Gasteiger partial charge in [-0.25, -0.2) is 13.4 Å². The molecular weight excluding hydrogens is 438 g/mol. The van der Waals surface area contributed by atoms with Gasteiger partial charge in [-0.2, -0.15) is 4.31 Å². The SMILES string of the molecule is CCN(CC)S(=O)(=O)c1ccc(N2CCN([C@@H](C(N)=O)c3ccc(Cl)cc3)CC2)nc1. The Labute approximate surface area is 188 Å². The van der Waals surface area contributed by atoms with Crippen LogP contribution in [-0.4, -0.2) is 67.8 Å². The number of nitrogens with zero attached hydrogens (tertiary/aromatic N) is 4. The van der Waals surface area contributed by atoms with E-state index in [1.165, 1.54) is 10.5 Å². The molecule has 0 spiro atoms. The zero-order valence-corrected chi connectivity index (χ0v) is 19.3. The van der Waals surface area contributed by atoms with Crippen molar-refractivity contribution < 1.29 is 13.2 Å². The number of hydrogen-bond acceptors (Lipinski definition) is 6. The molecule has 1 saturated heterocycles. The first-order valence-corrected chi connectivity index (χ1v) is 12.1. The van der Waals surface area contributed by atoms with E-state index in [4.69, 9.17) is 17.3 Å². The molecule has 2 heterocycles. The molecule has 1 aliphatic heterocycles. The van der Waals surface area contributed by atoms with Crippen LogP contribution in [0.2, 0.25) is 5.02 Å². The highest BCUT2D eigenvalue weighted by Crippen LogP contribution is 2.25. The Bertz CT molecular complexity index is 987. The van der Waals surface area contributed by atoms with Gasteiger partial charge in [0.15, 0.2) is 0 Å². The van der Waals surface area contributed by atoms with Crippen LogP contribution in [-0.2, 0) is 14.8 Å². The molecule has 31 heavy (non-hydrogen) atoms. The number of nitrogens with two attached hydrogens (primary N) is 1. The fourth-order valence-corrected chi connectivity index (χ4v) is 5.36. The highest BCUT2D eigenvalue weighted by atomic mass is 35.5. The minimum Gasteiger partial charge on any atom is -0.368 e. The third-order valence-electron chi connectivity index (χ3n) is 5.52. The van der Waals surface area contributed by atoms with Gasteiger partial charge in [-0.3, -0.25) is 9.69 Å². The molecule has 8 nitrogen and oxygen atoms in total. The van der Waals surface area contributed by atoms with Crippen LogP contribution in [0, 0.1) is 0 Å². The number of hydrogen-bond donors (Lipinski definition) is 1. The fourth-order valence-electron chi connectivity index (χ4n) is 3.83. The van der Waals surface area contributed by atoms with Gasteiger partial charge in [-0.15, -0.1) is 0 Å². The van der Waals surface area contributed by atoms with Gasteiger partial charge < -0.3 is 10.6 Å². The Morgan fingerprint density at radius 2 is 1.71 bits per heavy atom. The van der Waals surface area contributed by atoms with Crippen LogP contribution in [0.25, 0.3) is 0 Å². The molecule has 2 aromatic rings. The standard InChI is InChI=1S/C21H28ClN5O3S/c1-3-27(4-2)31(29,30)18-9-10-19(24-15-18)25-11-13-26(14-12-25)20(21(23)28)16-5-7-17(22)8-6-16/h5-10,15,20H,3-4,11-14H2,1-2H3,(H2,23,28)/t20-/m1/s1. The molecule has 2 N–H and O–H groups in total. The predicted molar refractivity (Wildman–Crippen MR) is 122 cm³/mol. The quantitative estimate of drug-likeness (QED) is 0.641. The first-order chi connectivity index (χ1) is 14.8. The summed E-state index contributed by atoms with van der Waals surface area (Å²) in [5.41, 5.74) is 6.50. The van der Waals surface area contributed by atoms with Crippen LogP contribution in [0.4, 0.5) is 5.82 Å². The number of carbonyl (C=O) groups excluding carboxylic acids is 1. The average Bonchev–Trinajstić information content (AvgIpc) is 2.76. The molecule has 1 amide bonds. The molecule has 3 rings (SSSR count). The summed E-state index contributed by atoms with van der Waals surface area (Å²) >= 11 is 5.96. The van der Waals surface area contributed by atoms with Gasteiger partial charge >= 0.3 is 0 Å². The van der Waals surface area contributed by atoms with Crippen molar-refractivity contribution in [1.29, 1.82) is 0 Å². The fraction of sp³-hybridized carbons (Fsp3) is 0.429. The second-order valence-electron chi connectivity index (χ2n) is 7.32. The third kappa shape index (κ3) is 5.17. The summed E-state index contributed by atoms with van der Waals surface area (Å²) in [7, 11) is -3.53. The molecule has 0 saturated carbocycles. The van der Waals surface area contributed by atoms with Crippen LogP contribution in [0.3, 0.4) is 0 Å². The second-order valence-corrected chi connectivity index (χ2v) is 9.70. The first-order valence-electron chi connectivity index (χ1n) is 10.3. The zero-order chi connectivity index (χ0) is 22.6. The summed E-state index contributed by atoms with van der Waals surface area (Å²) < 4.78 is 26.7. The van der Waals surface area contributed by atoms with E-state index in [-0.39, 0.29) is 4.90 Å². The number of rotatable bonds is 8. The van der Waals surface area contributed by atoms with Crippen molar-refractivity contribution in [3.63, 3.8) is 0 Å². The van der Waals surface area contributed by atoms with E-state index in [0.717, 1.165) is 5.56 Å². The monoisotopic (exact) mass is 465 g/mol. The molecule has 168 valence electrons. The zero-order valence-electron chi connectivity index (χ0n) is 17.7. The van der Waals surface area contributed by atoms with Gasteiger partial charge in [-0.05, 0) is 29.8 Å². The number of sulfonamides is 1. The lowest BCUT2D eigenvalue weighted by Gasteiger charge is -2.38. The second kappa shape index (κ2) is 9.95. The highest BCUT2D eigenvalue weighted by Gasteiger charge is 2.29. The molecule has 1 aromatic carbocycles. The maximum absolute atomic E-state index is 12.6. The summed E-state index contributed by atoms with van der Waals surface area (Å²) in [6, 6.07) is 9.95. The summed E-state index contributed by atoms with van der Waals surface area (Å²) in [6.45, 7) is 6.99. The van der Waals surface area contributed by atoms with Crippen LogP contribution in [0.15, 0.2) is 47.5 Å². The number of anilines is 1. The summed E-state index contributed by atoms with van der Waals surface area (Å²) in [6.07, 6.45) is 1.41. The van der Waals surface area contributed by atoms with Crippen molar-refractivity contribution in [3.8, 4) is 0 Å². The number of amides is 1. The van der Waals surface area contributed by atoms with E-state index < -0.39 is 22.0 Å². The van der Waals surface area contributed by atoms with E-state index in [9.17, 15) is 13.2 Å². The van der Waals surface area contributed by atoms with Gasteiger partial charge in [0.25, 0.3) is 0 Å². The van der Waals surface area contributed by atoms with Gasteiger partial charge in [-0.1, -0.05) is 37.6 Å². The number of halogens is 1. The van der Waals surface area contributed by atoms with Crippen molar-refractivity contribution in [2.45, 2.75) is 24.8 Å². The van der Waals surface area contributed by atoms with Gasteiger partial charge in [0.05, 0.1) is 0 Å². The van der Waals surface area contributed by atoms with Crippen LogP contribution in [0.1, 0.15) is 25.5 Å². The highest BCUT2D eigenvalue weighted by molar-refractivity contribution is 7.89. The minimum atomic E-state index is -3.53. The molecule has 1 fully saturated rings. The molecule has 0 unspecified atom stereocenters.